The maximum atomic E-state index is 14.4. The van der Waals surface area contributed by atoms with E-state index in [2.05, 4.69) is 25.5 Å². The van der Waals surface area contributed by atoms with Crippen LogP contribution < -0.4 is 0 Å². The molecule has 0 saturated heterocycles. The lowest BCUT2D eigenvalue weighted by Gasteiger charge is -2.37. The number of rotatable bonds is 22. The summed E-state index contributed by atoms with van der Waals surface area (Å²) in [5.74, 6) is -25.8. The first-order valence-corrected chi connectivity index (χ1v) is 12.9. The first kappa shape index (κ1) is 55.9. The molecule has 0 heterocycles. The molecule has 4 atom stereocenters. The van der Waals surface area contributed by atoms with Crippen molar-refractivity contribution in [1.82, 2.24) is 0 Å². The van der Waals surface area contributed by atoms with E-state index in [1.165, 1.54) is 0 Å². The lowest BCUT2D eigenvalue weighted by molar-refractivity contribution is -0.503. The number of ether oxygens (including phenoxy) is 7. The Balaban J connectivity index is 7.50. The Morgan fingerprint density at radius 1 is 0.424 bits per heavy atom. The Labute approximate surface area is 300 Å². The molecule has 352 valence electrons. The van der Waals surface area contributed by atoms with Crippen LogP contribution in [0, 0.1) is 0 Å². The Morgan fingerprint density at radius 3 is 0.881 bits per heavy atom. The zero-order valence-electron chi connectivity index (χ0n) is 26.0. The summed E-state index contributed by atoms with van der Waals surface area (Å²) in [5.41, 5.74) is 0. The van der Waals surface area contributed by atoms with Gasteiger partial charge in [0.1, 0.15) is 12.7 Å². The topological polar surface area (TPSA) is 81.7 Å². The van der Waals surface area contributed by atoms with Crippen LogP contribution in [0.25, 0.3) is 0 Å². The van der Waals surface area contributed by atoms with E-state index in [1.54, 1.807) is 9.47 Å². The van der Waals surface area contributed by atoms with Crippen LogP contribution in [0.1, 0.15) is 0 Å². The van der Waals surface area contributed by atoms with Gasteiger partial charge >= 0.3 is 78.9 Å². The monoisotopic (exact) mass is 960 g/mol. The summed E-state index contributed by atoms with van der Waals surface area (Å²) < 4.78 is 413. The maximum Gasteiger partial charge on any atom is 0.462 e. The SMILES string of the molecule is C=CC(=O)OCC(OC(F)(F)C(F)OC(F)(F)C(F)(F)C(F)(F)F)C(OC(F)(F)C(F)OC(F)(F)C(F)(F)C(F)(F)F)OC(F)(F)C(F)OC(F)(F)C(F)(F)C(F)(F)F. The van der Waals surface area contributed by atoms with Crippen molar-refractivity contribution in [3.63, 3.8) is 0 Å². The average Bonchev–Trinajstić information content (AvgIpc) is 2.99. The van der Waals surface area contributed by atoms with Crippen molar-refractivity contribution in [2.75, 3.05) is 6.61 Å². The second kappa shape index (κ2) is 17.3. The standard InChI is InChI=1S/C21H10F30O8/c1-2-5(52)53-3-4(54-10(25,26)7(22)57-19(46,47)13(31,32)16(37,38)39)6(55-11(27,28)8(23)58-20(48,49)14(33,34)17(40,41)42)56-12(29,30)9(24)59-21(50,51)15(35,36)18(43,44)45/h2,4,6-9H,1,3H2. The Morgan fingerprint density at radius 2 is 0.661 bits per heavy atom. The van der Waals surface area contributed by atoms with E-state index >= 15 is 0 Å². The van der Waals surface area contributed by atoms with Gasteiger partial charge in [0.05, 0.1) is 0 Å². The van der Waals surface area contributed by atoms with Gasteiger partial charge in [-0.25, -0.2) is 18.0 Å². The summed E-state index contributed by atoms with van der Waals surface area (Å²) in [4.78, 5) is 11.3. The average molecular weight is 960 g/mol. The van der Waals surface area contributed by atoms with Crippen LogP contribution >= 0.6 is 0 Å². The van der Waals surface area contributed by atoms with Gasteiger partial charge in [-0.1, -0.05) is 6.58 Å². The van der Waals surface area contributed by atoms with Gasteiger partial charge in [-0.15, -0.1) is 0 Å². The molecule has 0 fully saturated rings. The van der Waals surface area contributed by atoms with Gasteiger partial charge in [0, 0.05) is 6.08 Å². The number of halogens is 30. The Bertz CT molecular complexity index is 1350. The smallest absolute Gasteiger partial charge is 0.460 e. The van der Waals surface area contributed by atoms with Gasteiger partial charge < -0.3 is 9.47 Å². The number of hydrogen-bond acceptors (Lipinski definition) is 8. The lowest BCUT2D eigenvalue weighted by Crippen LogP contribution is -2.59. The van der Waals surface area contributed by atoms with Gasteiger partial charge in [0.15, 0.2) is 6.29 Å². The summed E-state index contributed by atoms with van der Waals surface area (Å²) >= 11 is 0. The molecule has 0 aliphatic carbocycles. The van der Waals surface area contributed by atoms with Gasteiger partial charge in [-0.05, 0) is 0 Å². The minimum atomic E-state index is -7.82. The van der Waals surface area contributed by atoms with E-state index in [-0.39, 0.29) is 6.08 Å². The fraction of sp³-hybridized carbons (Fsp3) is 0.857. The van der Waals surface area contributed by atoms with Crippen LogP contribution in [0.2, 0.25) is 0 Å². The van der Waals surface area contributed by atoms with E-state index < -0.39 is 117 Å². The van der Waals surface area contributed by atoms with Crippen LogP contribution in [0.3, 0.4) is 0 Å². The fourth-order valence-electron chi connectivity index (χ4n) is 2.55. The third-order valence-corrected chi connectivity index (χ3v) is 5.43. The van der Waals surface area contributed by atoms with Gasteiger partial charge in [0.2, 0.25) is 0 Å². The minimum absolute atomic E-state index is 0.307. The van der Waals surface area contributed by atoms with Crippen molar-refractivity contribution >= 4 is 5.97 Å². The molecule has 4 unspecified atom stereocenters. The third kappa shape index (κ3) is 12.7. The second-order valence-corrected chi connectivity index (χ2v) is 9.85. The van der Waals surface area contributed by atoms with E-state index in [9.17, 15) is 137 Å². The normalized spacial score (nSPS) is 17.9. The van der Waals surface area contributed by atoms with E-state index in [0.29, 0.717) is 0 Å². The quantitative estimate of drug-likeness (QED) is 0.0460. The molecule has 0 N–H and O–H groups in total. The zero-order chi connectivity index (χ0) is 47.8. The van der Waals surface area contributed by atoms with Gasteiger partial charge in [0.25, 0.3) is 19.1 Å². The van der Waals surface area contributed by atoms with E-state index in [4.69, 9.17) is 0 Å². The van der Waals surface area contributed by atoms with Crippen molar-refractivity contribution in [1.29, 1.82) is 0 Å². The van der Waals surface area contributed by atoms with Crippen molar-refractivity contribution < 1.29 is 170 Å². The predicted octanol–water partition coefficient (Wildman–Crippen LogP) is 9.55. The van der Waals surface area contributed by atoms with Gasteiger partial charge in [-0.3, -0.25) is 23.7 Å². The molecule has 0 spiro atoms. The molecule has 0 radical (unpaired) electrons. The van der Waals surface area contributed by atoms with Crippen LogP contribution in [-0.4, -0.2) is 117 Å². The van der Waals surface area contributed by atoms with Crippen molar-refractivity contribution in [3.05, 3.63) is 12.7 Å². The van der Waals surface area contributed by atoms with Crippen molar-refractivity contribution in [2.45, 2.75) is 104 Å². The molecule has 0 aliphatic heterocycles. The molecule has 0 saturated carbocycles. The molecule has 0 amide bonds. The Kier molecular flexibility index (Phi) is 16.4. The van der Waals surface area contributed by atoms with Crippen LogP contribution in [0.5, 0.6) is 0 Å². The summed E-state index contributed by atoms with van der Waals surface area (Å²) in [6.45, 7) is -0.643. The minimum Gasteiger partial charge on any atom is -0.460 e. The highest BCUT2D eigenvalue weighted by Gasteiger charge is 2.78. The molecule has 0 aliphatic rings. The first-order chi connectivity index (χ1) is 25.5. The number of carbonyl (C=O) groups is 1. The number of hydrogen-bond donors (Lipinski definition) is 0. The van der Waals surface area contributed by atoms with Gasteiger partial charge in [-0.2, -0.15) is 119 Å². The van der Waals surface area contributed by atoms with Crippen LogP contribution in [-0.2, 0) is 38.0 Å². The molecular formula is C21H10F30O8. The molecule has 59 heavy (non-hydrogen) atoms. The van der Waals surface area contributed by atoms with Crippen molar-refractivity contribution in [3.8, 4) is 0 Å². The van der Waals surface area contributed by atoms with E-state index in [1.807, 2.05) is 4.74 Å². The van der Waals surface area contributed by atoms with E-state index in [0.717, 1.165) is 0 Å². The number of carbonyl (C=O) groups excluding carboxylic acids is 1. The summed E-state index contributed by atoms with van der Waals surface area (Å²) in [6.07, 6.45) is -96.8. The fourth-order valence-corrected chi connectivity index (χ4v) is 2.55. The van der Waals surface area contributed by atoms with Crippen molar-refractivity contribution in [2.24, 2.45) is 0 Å². The molecule has 0 aromatic carbocycles. The molecule has 0 bridgehead atoms. The molecule has 8 nitrogen and oxygen atoms in total. The highest BCUT2D eigenvalue weighted by molar-refractivity contribution is 5.81. The zero-order valence-corrected chi connectivity index (χ0v) is 26.0. The highest BCUT2D eigenvalue weighted by Crippen LogP contribution is 2.52. The van der Waals surface area contributed by atoms with Crippen LogP contribution in [0.15, 0.2) is 12.7 Å². The number of esters is 1. The largest absolute Gasteiger partial charge is 0.462 e. The summed E-state index contributed by atoms with van der Waals surface area (Å²) in [5, 5.41) is 0. The molecule has 0 aromatic heterocycles. The van der Waals surface area contributed by atoms with Crippen LogP contribution in [0.4, 0.5) is 132 Å². The highest BCUT2D eigenvalue weighted by atomic mass is 19.4. The summed E-state index contributed by atoms with van der Waals surface area (Å²) in [7, 11) is 0. The summed E-state index contributed by atoms with van der Waals surface area (Å²) in [6, 6.07) is 0. The lowest BCUT2D eigenvalue weighted by atomic mass is 10.3. The molecule has 38 heteroatoms. The first-order valence-electron chi connectivity index (χ1n) is 12.9. The number of alkyl halides is 30. The molecule has 0 rings (SSSR count). The molecular weight excluding hydrogens is 950 g/mol. The second-order valence-electron chi connectivity index (χ2n) is 9.85. The predicted molar refractivity (Wildman–Crippen MR) is 113 cm³/mol. The third-order valence-electron chi connectivity index (χ3n) is 5.43. The Hall–Kier alpha value is -3.13. The maximum absolute atomic E-state index is 14.4. The molecule has 0 aromatic rings.